The lowest BCUT2D eigenvalue weighted by molar-refractivity contribution is -0.384. The summed E-state index contributed by atoms with van der Waals surface area (Å²) in [6, 6.07) is 7.59. The molecule has 0 aliphatic carbocycles. The van der Waals surface area contributed by atoms with Crippen LogP contribution < -0.4 is 9.47 Å². The van der Waals surface area contributed by atoms with E-state index >= 15 is 0 Å². The Morgan fingerprint density at radius 2 is 1.79 bits per heavy atom. The first-order valence-electron chi connectivity index (χ1n) is 10.5. The van der Waals surface area contributed by atoms with Crippen molar-refractivity contribution in [3.8, 4) is 11.5 Å². The van der Waals surface area contributed by atoms with Crippen LogP contribution in [-0.2, 0) is 22.5 Å². The third-order valence-corrected chi connectivity index (χ3v) is 5.96. The zero-order valence-corrected chi connectivity index (χ0v) is 20.0. The molecule has 0 N–H and O–H groups in total. The number of carbonyl (C=O) groups excluding carboxylic acids is 2. The van der Waals surface area contributed by atoms with Crippen molar-refractivity contribution in [3.05, 3.63) is 62.2 Å². The van der Waals surface area contributed by atoms with Gasteiger partial charge in [-0.2, -0.15) is 0 Å². The lowest BCUT2D eigenvalue weighted by atomic mass is 9.98. The quantitative estimate of drug-likeness (QED) is 0.391. The standard InChI is InChI=1S/C23H26ClN3O7/c1-32-9-8-26(23(29)16-4-5-18(24)19(10-16)27(30)31)14-22(28)25-7-6-15-11-20(33-2)21(34-3)12-17(15)13-25/h4-5,10-12H,6-9,13-14H2,1-3H3. The lowest BCUT2D eigenvalue weighted by Crippen LogP contribution is -2.45. The van der Waals surface area contributed by atoms with Crippen LogP contribution in [0.25, 0.3) is 0 Å². The Bertz CT molecular complexity index is 1090. The van der Waals surface area contributed by atoms with Crippen molar-refractivity contribution in [2.75, 3.05) is 47.6 Å². The smallest absolute Gasteiger partial charge is 0.288 e. The van der Waals surface area contributed by atoms with Gasteiger partial charge in [0.05, 0.1) is 25.7 Å². The van der Waals surface area contributed by atoms with E-state index in [1.54, 1.807) is 19.1 Å². The molecular formula is C23H26ClN3O7. The largest absolute Gasteiger partial charge is 0.493 e. The van der Waals surface area contributed by atoms with E-state index < -0.39 is 10.8 Å². The molecule has 0 saturated heterocycles. The number of methoxy groups -OCH3 is 3. The summed E-state index contributed by atoms with van der Waals surface area (Å²) in [6.07, 6.45) is 0.636. The highest BCUT2D eigenvalue weighted by molar-refractivity contribution is 6.32. The van der Waals surface area contributed by atoms with Crippen LogP contribution in [0.15, 0.2) is 30.3 Å². The van der Waals surface area contributed by atoms with Crippen LogP contribution in [0.3, 0.4) is 0 Å². The van der Waals surface area contributed by atoms with E-state index in [0.717, 1.165) is 17.2 Å². The van der Waals surface area contributed by atoms with Gasteiger partial charge in [0.2, 0.25) is 5.91 Å². The Morgan fingerprint density at radius 3 is 2.41 bits per heavy atom. The molecule has 3 rings (SSSR count). The SMILES string of the molecule is COCCN(CC(=O)N1CCc2cc(OC)c(OC)cc2C1)C(=O)c1ccc(Cl)c([N+](=O)[O-])c1. The number of hydrogen-bond donors (Lipinski definition) is 0. The predicted molar refractivity (Wildman–Crippen MR) is 125 cm³/mol. The minimum absolute atomic E-state index is 0.0693. The van der Waals surface area contributed by atoms with Crippen LogP contribution in [-0.4, -0.2) is 74.1 Å². The van der Waals surface area contributed by atoms with Gasteiger partial charge in [0.25, 0.3) is 11.6 Å². The number of fused-ring (bicyclic) bond motifs is 1. The van der Waals surface area contributed by atoms with Crippen molar-refractivity contribution in [2.24, 2.45) is 0 Å². The first-order valence-corrected chi connectivity index (χ1v) is 10.9. The molecule has 1 aliphatic heterocycles. The molecule has 2 amide bonds. The summed E-state index contributed by atoms with van der Waals surface area (Å²) in [6.45, 7) is 1.01. The molecule has 34 heavy (non-hydrogen) atoms. The molecule has 0 unspecified atom stereocenters. The molecule has 182 valence electrons. The highest BCUT2D eigenvalue weighted by Crippen LogP contribution is 2.33. The fourth-order valence-electron chi connectivity index (χ4n) is 3.78. The van der Waals surface area contributed by atoms with E-state index in [1.165, 1.54) is 24.1 Å². The van der Waals surface area contributed by atoms with Gasteiger partial charge in [-0.05, 0) is 41.8 Å². The minimum atomic E-state index is -0.655. The molecule has 0 bridgehead atoms. The summed E-state index contributed by atoms with van der Waals surface area (Å²) in [5.41, 5.74) is 1.71. The molecule has 0 aromatic heterocycles. The number of hydrogen-bond acceptors (Lipinski definition) is 7. The van der Waals surface area contributed by atoms with Gasteiger partial charge in [-0.3, -0.25) is 19.7 Å². The Labute approximate surface area is 202 Å². The second kappa shape index (κ2) is 11.2. The monoisotopic (exact) mass is 491 g/mol. The van der Waals surface area contributed by atoms with Gasteiger partial charge in [0.15, 0.2) is 11.5 Å². The summed E-state index contributed by atoms with van der Waals surface area (Å²) in [5.74, 6) is 0.452. The Balaban J connectivity index is 1.78. The minimum Gasteiger partial charge on any atom is -0.493 e. The third-order valence-electron chi connectivity index (χ3n) is 5.64. The summed E-state index contributed by atoms with van der Waals surface area (Å²) in [5, 5.41) is 11.1. The zero-order chi connectivity index (χ0) is 24.8. The summed E-state index contributed by atoms with van der Waals surface area (Å²) in [7, 11) is 4.61. The van der Waals surface area contributed by atoms with Crippen LogP contribution in [0.5, 0.6) is 11.5 Å². The number of rotatable bonds is 9. The van der Waals surface area contributed by atoms with Gasteiger partial charge in [0, 0.05) is 38.4 Å². The Morgan fingerprint density at radius 1 is 1.12 bits per heavy atom. The number of nitro groups is 1. The molecule has 1 heterocycles. The van der Waals surface area contributed by atoms with Gasteiger partial charge in [-0.1, -0.05) is 11.6 Å². The highest BCUT2D eigenvalue weighted by atomic mass is 35.5. The lowest BCUT2D eigenvalue weighted by Gasteiger charge is -2.32. The van der Waals surface area contributed by atoms with E-state index in [0.29, 0.717) is 31.0 Å². The van der Waals surface area contributed by atoms with E-state index in [2.05, 4.69) is 0 Å². The number of halogens is 1. The van der Waals surface area contributed by atoms with Gasteiger partial charge >= 0.3 is 0 Å². The molecular weight excluding hydrogens is 466 g/mol. The molecule has 2 aromatic rings. The van der Waals surface area contributed by atoms with Crippen molar-refractivity contribution in [1.29, 1.82) is 0 Å². The number of nitrogens with zero attached hydrogens (tertiary/aromatic N) is 3. The van der Waals surface area contributed by atoms with Gasteiger partial charge < -0.3 is 24.0 Å². The average molecular weight is 492 g/mol. The molecule has 0 fully saturated rings. The summed E-state index contributed by atoms with van der Waals surface area (Å²) < 4.78 is 15.8. The molecule has 0 saturated carbocycles. The molecule has 11 heteroatoms. The van der Waals surface area contributed by atoms with Crippen LogP contribution in [0.4, 0.5) is 5.69 Å². The van der Waals surface area contributed by atoms with E-state index in [1.807, 2.05) is 12.1 Å². The second-order valence-electron chi connectivity index (χ2n) is 7.68. The van der Waals surface area contributed by atoms with Crippen LogP contribution in [0.2, 0.25) is 5.02 Å². The molecule has 10 nitrogen and oxygen atoms in total. The Hall–Kier alpha value is -3.37. The van der Waals surface area contributed by atoms with Gasteiger partial charge in [-0.25, -0.2) is 0 Å². The number of benzene rings is 2. The van der Waals surface area contributed by atoms with Crippen LogP contribution in [0, 0.1) is 10.1 Å². The predicted octanol–water partition coefficient (Wildman–Crippen LogP) is 2.94. The molecule has 0 radical (unpaired) electrons. The van der Waals surface area contributed by atoms with Crippen molar-refractivity contribution in [1.82, 2.24) is 9.80 Å². The number of ether oxygens (including phenoxy) is 3. The van der Waals surface area contributed by atoms with Gasteiger partial charge in [-0.15, -0.1) is 0 Å². The molecule has 0 atom stereocenters. The van der Waals surface area contributed by atoms with Crippen molar-refractivity contribution in [2.45, 2.75) is 13.0 Å². The van der Waals surface area contributed by atoms with Crippen molar-refractivity contribution < 1.29 is 28.7 Å². The summed E-state index contributed by atoms with van der Waals surface area (Å²) >= 11 is 5.86. The van der Waals surface area contributed by atoms with E-state index in [-0.39, 0.29) is 41.9 Å². The molecule has 1 aliphatic rings. The number of amides is 2. The normalized spacial score (nSPS) is 12.6. The number of carbonyl (C=O) groups is 2. The maximum Gasteiger partial charge on any atom is 0.288 e. The number of nitro benzene ring substituents is 1. The fraction of sp³-hybridized carbons (Fsp3) is 0.391. The first kappa shape index (κ1) is 25.3. The molecule has 2 aromatic carbocycles. The summed E-state index contributed by atoms with van der Waals surface area (Å²) in [4.78, 5) is 39.8. The topological polar surface area (TPSA) is 111 Å². The van der Waals surface area contributed by atoms with Crippen molar-refractivity contribution in [3.63, 3.8) is 0 Å². The van der Waals surface area contributed by atoms with E-state index in [9.17, 15) is 19.7 Å². The fourth-order valence-corrected chi connectivity index (χ4v) is 3.97. The van der Waals surface area contributed by atoms with Crippen LogP contribution >= 0.6 is 11.6 Å². The van der Waals surface area contributed by atoms with Gasteiger partial charge in [0.1, 0.15) is 11.6 Å². The second-order valence-corrected chi connectivity index (χ2v) is 8.09. The first-order chi connectivity index (χ1) is 16.3. The average Bonchev–Trinajstić information content (AvgIpc) is 2.84. The molecule has 0 spiro atoms. The van der Waals surface area contributed by atoms with Crippen molar-refractivity contribution >= 4 is 29.1 Å². The Kier molecular flexibility index (Phi) is 8.30. The zero-order valence-electron chi connectivity index (χ0n) is 19.2. The third kappa shape index (κ3) is 5.57. The van der Waals surface area contributed by atoms with Crippen LogP contribution in [0.1, 0.15) is 21.5 Å². The highest BCUT2D eigenvalue weighted by Gasteiger charge is 2.27. The maximum absolute atomic E-state index is 13.1. The van der Waals surface area contributed by atoms with E-state index in [4.69, 9.17) is 25.8 Å². The maximum atomic E-state index is 13.1.